The molecule has 1 heterocycles. The van der Waals surface area contributed by atoms with Crippen LogP contribution in [0.4, 0.5) is 0 Å². The molecule has 9 atom stereocenters. The summed E-state index contributed by atoms with van der Waals surface area (Å²) in [5.41, 5.74) is 3.95. The van der Waals surface area contributed by atoms with Crippen molar-refractivity contribution < 1.29 is 9.90 Å². The molecule has 234 valence electrons. The molecule has 5 nitrogen and oxygen atoms in total. The molecule has 0 bridgehead atoms. The molecule has 0 unspecified atom stereocenters. The van der Waals surface area contributed by atoms with Crippen molar-refractivity contribution in [1.82, 2.24) is 15.0 Å². The first-order valence-electron chi connectivity index (χ1n) is 17.6. The molecule has 5 aliphatic carbocycles. The van der Waals surface area contributed by atoms with Crippen LogP contribution in [0.5, 0.6) is 0 Å². The van der Waals surface area contributed by atoms with Crippen molar-refractivity contribution >= 4 is 5.97 Å². The first-order chi connectivity index (χ1) is 19.8. The number of hydrogen-bond donors (Lipinski definition) is 1. The number of aromatic nitrogens is 3. The molecular formula is C37H59N3O2. The zero-order valence-corrected chi connectivity index (χ0v) is 27.9. The molecule has 4 saturated carbocycles. The second-order valence-corrected chi connectivity index (χ2v) is 17.1. The van der Waals surface area contributed by atoms with Crippen LogP contribution in [0.2, 0.25) is 0 Å². The third-order valence-corrected chi connectivity index (χ3v) is 15.1. The van der Waals surface area contributed by atoms with E-state index in [4.69, 9.17) is 10.3 Å². The van der Waals surface area contributed by atoms with Gasteiger partial charge in [0.25, 0.3) is 0 Å². The van der Waals surface area contributed by atoms with Crippen LogP contribution in [-0.4, -0.2) is 26.1 Å². The molecule has 0 radical (unpaired) electrons. The normalized spacial score (nSPS) is 43.5. The standard InChI is InChI=1S/C37H59N3O2/c1-9-10-11-12-13-22-40-31-27(38-39-40)23-34(6)28(33(31,4)5)17-18-36(8)29(34)15-14-26-30-25(24(2)3)16-19-37(30,32(41)42)21-20-35(26,36)7/h25-26,28-30H,2,9-23H2,1,3-8H3,(H,41,42)/t25-,26+,28-,29+,30+,34-,35+,36+,37-/m0/s1. The average Bonchev–Trinajstić information content (AvgIpc) is 3.51. The summed E-state index contributed by atoms with van der Waals surface area (Å²) >= 11 is 0. The lowest BCUT2D eigenvalue weighted by Crippen LogP contribution is -2.67. The smallest absolute Gasteiger partial charge is 0.309 e. The van der Waals surface area contributed by atoms with E-state index in [1.54, 1.807) is 0 Å². The lowest BCUT2D eigenvalue weighted by atomic mass is 9.32. The van der Waals surface area contributed by atoms with Crippen LogP contribution in [0.15, 0.2) is 12.2 Å². The summed E-state index contributed by atoms with van der Waals surface area (Å²) in [4.78, 5) is 13.0. The molecule has 0 amide bonds. The molecule has 6 rings (SSSR count). The summed E-state index contributed by atoms with van der Waals surface area (Å²) in [6, 6.07) is 0. The zero-order valence-electron chi connectivity index (χ0n) is 27.9. The van der Waals surface area contributed by atoms with Crippen molar-refractivity contribution in [1.29, 1.82) is 0 Å². The van der Waals surface area contributed by atoms with Crippen LogP contribution in [-0.2, 0) is 23.2 Å². The van der Waals surface area contributed by atoms with E-state index in [1.807, 2.05) is 0 Å². The topological polar surface area (TPSA) is 68.0 Å². The Labute approximate surface area is 255 Å². The van der Waals surface area contributed by atoms with Gasteiger partial charge in [0.15, 0.2) is 0 Å². The van der Waals surface area contributed by atoms with Gasteiger partial charge in [0.1, 0.15) is 0 Å². The highest BCUT2D eigenvalue weighted by atomic mass is 16.4. The summed E-state index contributed by atoms with van der Waals surface area (Å²) in [5.74, 6) is 1.76. The largest absolute Gasteiger partial charge is 0.481 e. The summed E-state index contributed by atoms with van der Waals surface area (Å²) in [7, 11) is 0. The number of nitrogens with zero attached hydrogens (tertiary/aromatic N) is 3. The minimum Gasteiger partial charge on any atom is -0.481 e. The van der Waals surface area contributed by atoms with Gasteiger partial charge < -0.3 is 5.11 Å². The van der Waals surface area contributed by atoms with Crippen molar-refractivity contribution in [2.45, 2.75) is 150 Å². The minimum absolute atomic E-state index is 0.0514. The lowest BCUT2D eigenvalue weighted by Gasteiger charge is -2.72. The van der Waals surface area contributed by atoms with Crippen molar-refractivity contribution in [3.8, 4) is 0 Å². The van der Waals surface area contributed by atoms with Gasteiger partial charge in [-0.1, -0.05) is 84.6 Å². The molecule has 5 aliphatic rings. The molecule has 0 saturated heterocycles. The summed E-state index contributed by atoms with van der Waals surface area (Å²) in [6.07, 6.45) is 16.1. The summed E-state index contributed by atoms with van der Waals surface area (Å²) in [5, 5.41) is 20.4. The third-order valence-electron chi connectivity index (χ3n) is 15.1. The third kappa shape index (κ3) is 3.95. The van der Waals surface area contributed by atoms with Crippen molar-refractivity contribution in [2.24, 2.45) is 51.2 Å². The number of carbonyl (C=O) groups is 1. The van der Waals surface area contributed by atoms with E-state index in [2.05, 4.69) is 59.7 Å². The first kappa shape index (κ1) is 30.4. The van der Waals surface area contributed by atoms with Gasteiger partial charge >= 0.3 is 5.97 Å². The van der Waals surface area contributed by atoms with Crippen LogP contribution in [0.3, 0.4) is 0 Å². The van der Waals surface area contributed by atoms with Crippen molar-refractivity contribution in [3.05, 3.63) is 23.5 Å². The number of rotatable bonds is 8. The maximum Gasteiger partial charge on any atom is 0.309 e. The molecule has 1 aromatic rings. The Morgan fingerprint density at radius 3 is 2.36 bits per heavy atom. The predicted octanol–water partition coefficient (Wildman–Crippen LogP) is 9.00. The van der Waals surface area contributed by atoms with Gasteiger partial charge in [-0.2, -0.15) is 0 Å². The van der Waals surface area contributed by atoms with Crippen LogP contribution in [0.1, 0.15) is 143 Å². The number of aryl methyl sites for hydroxylation is 1. The monoisotopic (exact) mass is 577 g/mol. The van der Waals surface area contributed by atoms with E-state index in [1.165, 1.54) is 74.7 Å². The Balaban J connectivity index is 1.33. The van der Waals surface area contributed by atoms with Crippen LogP contribution < -0.4 is 0 Å². The first-order valence-corrected chi connectivity index (χ1v) is 17.6. The number of aliphatic carboxylic acids is 1. The molecule has 0 spiro atoms. The maximum absolute atomic E-state index is 13.0. The number of unbranched alkanes of at least 4 members (excludes halogenated alkanes) is 4. The van der Waals surface area contributed by atoms with Crippen LogP contribution >= 0.6 is 0 Å². The molecule has 42 heavy (non-hydrogen) atoms. The summed E-state index contributed by atoms with van der Waals surface area (Å²) < 4.78 is 2.29. The molecule has 0 aromatic carbocycles. The van der Waals surface area contributed by atoms with E-state index < -0.39 is 11.4 Å². The number of carboxylic acid groups (broad SMARTS) is 1. The van der Waals surface area contributed by atoms with E-state index >= 15 is 0 Å². The molecular weight excluding hydrogens is 518 g/mol. The highest BCUT2D eigenvalue weighted by Crippen LogP contribution is 2.77. The molecule has 5 heteroatoms. The van der Waals surface area contributed by atoms with Gasteiger partial charge in [-0.05, 0) is 117 Å². The summed E-state index contributed by atoms with van der Waals surface area (Å²) in [6.45, 7) is 22.7. The number of fused-ring (bicyclic) bond motifs is 8. The highest BCUT2D eigenvalue weighted by Gasteiger charge is 2.72. The Bertz CT molecular complexity index is 1230. The van der Waals surface area contributed by atoms with E-state index in [0.717, 1.165) is 38.6 Å². The Kier molecular flexibility index (Phi) is 7.37. The quantitative estimate of drug-likeness (QED) is 0.247. The van der Waals surface area contributed by atoms with Gasteiger partial charge in [-0.25, -0.2) is 4.68 Å². The fraction of sp³-hybridized carbons (Fsp3) is 0.865. The molecule has 4 fully saturated rings. The number of allylic oxidation sites excluding steroid dienone is 1. The average molecular weight is 578 g/mol. The van der Waals surface area contributed by atoms with Crippen molar-refractivity contribution in [3.63, 3.8) is 0 Å². The molecule has 1 N–H and O–H groups in total. The van der Waals surface area contributed by atoms with E-state index in [-0.39, 0.29) is 27.6 Å². The predicted molar refractivity (Wildman–Crippen MR) is 169 cm³/mol. The maximum atomic E-state index is 13.0. The number of carboxylic acids is 1. The highest BCUT2D eigenvalue weighted by molar-refractivity contribution is 5.76. The van der Waals surface area contributed by atoms with Crippen molar-refractivity contribution in [2.75, 3.05) is 0 Å². The fourth-order valence-electron chi connectivity index (χ4n) is 13.0. The Morgan fingerprint density at radius 1 is 0.929 bits per heavy atom. The van der Waals surface area contributed by atoms with Gasteiger partial charge in [0.2, 0.25) is 0 Å². The Hall–Kier alpha value is -1.65. The molecule has 0 aliphatic heterocycles. The molecule has 1 aromatic heterocycles. The lowest BCUT2D eigenvalue weighted by molar-refractivity contribution is -0.228. The second kappa shape index (κ2) is 10.2. The van der Waals surface area contributed by atoms with E-state index in [9.17, 15) is 9.90 Å². The fourth-order valence-corrected chi connectivity index (χ4v) is 13.0. The minimum atomic E-state index is -0.547. The van der Waals surface area contributed by atoms with E-state index in [0.29, 0.717) is 23.7 Å². The van der Waals surface area contributed by atoms with Gasteiger partial charge in [-0.3, -0.25) is 4.79 Å². The number of hydrogen-bond acceptors (Lipinski definition) is 3. The zero-order chi connectivity index (χ0) is 30.3. The van der Waals surface area contributed by atoms with Gasteiger partial charge in [-0.15, -0.1) is 5.10 Å². The SMILES string of the molecule is C=C(C)[C@@H]1CC[C@]2(C(=O)O)CC[C@]3(C)[C@H](CC[C@@H]4[C@@]5(C)Cc6nnn(CCCCCCC)c6C(C)(C)[C@@H]5CC[C@]43C)[C@@H]12. The Morgan fingerprint density at radius 2 is 1.67 bits per heavy atom. The van der Waals surface area contributed by atoms with Gasteiger partial charge in [0.05, 0.1) is 16.8 Å². The second-order valence-electron chi connectivity index (χ2n) is 17.1. The van der Waals surface area contributed by atoms with Gasteiger partial charge in [0, 0.05) is 12.0 Å². The van der Waals surface area contributed by atoms with Crippen LogP contribution in [0, 0.1) is 51.2 Å². The van der Waals surface area contributed by atoms with Crippen LogP contribution in [0.25, 0.3) is 0 Å².